The number of carboxylic acids is 1. The predicted molar refractivity (Wildman–Crippen MR) is 128 cm³/mol. The summed E-state index contributed by atoms with van der Waals surface area (Å²) < 4.78 is 37.0. The van der Waals surface area contributed by atoms with Crippen LogP contribution in [0.5, 0.6) is 0 Å². The van der Waals surface area contributed by atoms with E-state index < -0.39 is 23.2 Å². The van der Waals surface area contributed by atoms with Crippen molar-refractivity contribution in [3.8, 4) is 11.1 Å². The first-order valence-electron chi connectivity index (χ1n) is 10.7. The number of benzene rings is 2. The van der Waals surface area contributed by atoms with Gasteiger partial charge in [0.25, 0.3) is 5.56 Å². The number of furan rings is 1. The van der Waals surface area contributed by atoms with Crippen LogP contribution in [0.15, 0.2) is 64.4 Å². The zero-order chi connectivity index (χ0) is 25.1. The van der Waals surface area contributed by atoms with Crippen LogP contribution in [0, 0.1) is 11.6 Å². The van der Waals surface area contributed by atoms with Crippen molar-refractivity contribution in [1.29, 1.82) is 0 Å². The van der Waals surface area contributed by atoms with E-state index in [1.807, 2.05) is 0 Å². The number of aromatic nitrogens is 4. The number of nitrogens with zero attached hydrogens (tertiary/aromatic N) is 3. The van der Waals surface area contributed by atoms with Crippen molar-refractivity contribution in [2.45, 2.75) is 6.54 Å². The van der Waals surface area contributed by atoms with Crippen LogP contribution in [0.1, 0.15) is 16.1 Å². The SMILES string of the molecule is Nc1ncnc2cc(F)c(Cn3c(C(=O)O)c(-c4ccc[nH]c4=O)c4c5occc5c(F)cc43)cc12. The van der Waals surface area contributed by atoms with Gasteiger partial charge in [-0.25, -0.2) is 23.5 Å². The standard InChI is InChI=1S/C25H15F2N5O4/c26-15-7-17-14(23(28)31-10-30-17)6-11(15)9-32-18-8-16(27)12-3-5-36-22(12)20(18)19(21(32)25(34)35)13-2-1-4-29-24(13)33/h1-8,10H,9H2,(H,29,33)(H,34,35)(H2,28,30,31). The van der Waals surface area contributed by atoms with Crippen LogP contribution in [0.25, 0.3) is 43.9 Å². The smallest absolute Gasteiger partial charge is 0.353 e. The van der Waals surface area contributed by atoms with E-state index in [9.17, 15) is 14.7 Å². The summed E-state index contributed by atoms with van der Waals surface area (Å²) in [5.41, 5.74) is 5.65. The largest absolute Gasteiger partial charge is 0.477 e. The maximum atomic E-state index is 15.1. The van der Waals surface area contributed by atoms with E-state index in [0.717, 1.165) is 6.07 Å². The Morgan fingerprint density at radius 3 is 2.75 bits per heavy atom. The van der Waals surface area contributed by atoms with Crippen LogP contribution in [-0.2, 0) is 6.54 Å². The lowest BCUT2D eigenvalue weighted by Crippen LogP contribution is -2.14. The van der Waals surface area contributed by atoms with Gasteiger partial charge in [-0.2, -0.15) is 0 Å². The third kappa shape index (κ3) is 3.06. The van der Waals surface area contributed by atoms with Gasteiger partial charge in [-0.15, -0.1) is 0 Å². The maximum Gasteiger partial charge on any atom is 0.353 e. The van der Waals surface area contributed by atoms with E-state index in [4.69, 9.17) is 10.2 Å². The monoisotopic (exact) mass is 487 g/mol. The summed E-state index contributed by atoms with van der Waals surface area (Å²) in [5.74, 6) is -2.60. The molecule has 6 rings (SSSR count). The summed E-state index contributed by atoms with van der Waals surface area (Å²) in [6.45, 7) is -0.315. The highest BCUT2D eigenvalue weighted by Gasteiger charge is 2.29. The molecule has 0 saturated heterocycles. The number of aromatic carboxylic acids is 1. The van der Waals surface area contributed by atoms with Gasteiger partial charge in [-0.3, -0.25) is 4.79 Å². The van der Waals surface area contributed by atoms with Crippen molar-refractivity contribution in [1.82, 2.24) is 19.5 Å². The molecule has 0 aliphatic rings. The van der Waals surface area contributed by atoms with Gasteiger partial charge in [0.15, 0.2) is 0 Å². The van der Waals surface area contributed by atoms with E-state index in [-0.39, 0.29) is 62.1 Å². The fourth-order valence-electron chi connectivity index (χ4n) is 4.61. The Kier molecular flexibility index (Phi) is 4.61. The fraction of sp³-hybridized carbons (Fsp3) is 0.0400. The van der Waals surface area contributed by atoms with Gasteiger partial charge in [0.05, 0.1) is 40.2 Å². The molecule has 6 aromatic rings. The lowest BCUT2D eigenvalue weighted by Gasteiger charge is -2.12. The molecular weight excluding hydrogens is 472 g/mol. The molecule has 4 aromatic heterocycles. The molecule has 0 aliphatic carbocycles. The number of nitrogen functional groups attached to an aromatic ring is 1. The summed E-state index contributed by atoms with van der Waals surface area (Å²) in [6, 6.07) is 8.15. The predicted octanol–water partition coefficient (Wildman–Crippen LogP) is 4.29. The molecule has 36 heavy (non-hydrogen) atoms. The molecule has 0 amide bonds. The number of hydrogen-bond acceptors (Lipinski definition) is 6. The first kappa shape index (κ1) is 21.5. The van der Waals surface area contributed by atoms with Gasteiger partial charge in [-0.1, -0.05) is 0 Å². The van der Waals surface area contributed by atoms with E-state index in [2.05, 4.69) is 15.0 Å². The summed E-state index contributed by atoms with van der Waals surface area (Å²) in [7, 11) is 0. The average molecular weight is 487 g/mol. The number of fused-ring (bicyclic) bond motifs is 4. The van der Waals surface area contributed by atoms with Crippen LogP contribution < -0.4 is 11.3 Å². The van der Waals surface area contributed by atoms with Crippen molar-refractivity contribution in [3.63, 3.8) is 0 Å². The van der Waals surface area contributed by atoms with Crippen molar-refractivity contribution in [3.05, 3.63) is 88.4 Å². The average Bonchev–Trinajstić information content (AvgIpc) is 3.44. The molecule has 0 aliphatic heterocycles. The Hall–Kier alpha value is -5.06. The Balaban J connectivity index is 1.73. The molecule has 0 fully saturated rings. The normalized spacial score (nSPS) is 11.6. The highest BCUT2D eigenvalue weighted by molar-refractivity contribution is 6.17. The minimum Gasteiger partial charge on any atom is -0.477 e. The first-order chi connectivity index (χ1) is 17.3. The van der Waals surface area contributed by atoms with Gasteiger partial charge < -0.3 is 24.8 Å². The third-order valence-electron chi connectivity index (χ3n) is 6.17. The highest BCUT2D eigenvalue weighted by Crippen LogP contribution is 2.40. The molecule has 0 spiro atoms. The number of nitrogens with two attached hydrogens (primary N) is 1. The molecule has 4 N–H and O–H groups in total. The van der Waals surface area contributed by atoms with E-state index in [0.29, 0.717) is 5.39 Å². The van der Waals surface area contributed by atoms with Gasteiger partial charge in [0, 0.05) is 28.8 Å². The molecule has 0 bridgehead atoms. The van der Waals surface area contributed by atoms with Gasteiger partial charge in [-0.05, 0) is 30.3 Å². The minimum absolute atomic E-state index is 0.0309. The number of halogens is 2. The molecular formula is C25H15F2N5O4. The summed E-state index contributed by atoms with van der Waals surface area (Å²) >= 11 is 0. The second kappa shape index (κ2) is 7.73. The Bertz CT molecular complexity index is 1920. The quantitative estimate of drug-likeness (QED) is 0.337. The number of hydrogen-bond donors (Lipinski definition) is 3. The Morgan fingerprint density at radius 1 is 1.14 bits per heavy atom. The number of rotatable bonds is 4. The molecule has 0 radical (unpaired) electrons. The van der Waals surface area contributed by atoms with Crippen LogP contribution >= 0.6 is 0 Å². The number of nitrogens with one attached hydrogen (secondary N) is 1. The molecule has 2 aromatic carbocycles. The second-order valence-corrected chi connectivity index (χ2v) is 8.16. The van der Waals surface area contributed by atoms with Gasteiger partial charge in [0.2, 0.25) is 0 Å². The van der Waals surface area contributed by atoms with Gasteiger partial charge >= 0.3 is 5.97 Å². The van der Waals surface area contributed by atoms with E-state index in [1.165, 1.54) is 47.6 Å². The lowest BCUT2D eigenvalue weighted by molar-refractivity contribution is 0.0687. The van der Waals surface area contributed by atoms with E-state index in [1.54, 1.807) is 6.07 Å². The zero-order valence-electron chi connectivity index (χ0n) is 18.3. The van der Waals surface area contributed by atoms with Crippen molar-refractivity contribution in [2.24, 2.45) is 0 Å². The molecule has 0 saturated carbocycles. The van der Waals surface area contributed by atoms with Crippen LogP contribution in [-0.4, -0.2) is 30.6 Å². The first-order valence-corrected chi connectivity index (χ1v) is 10.7. The lowest BCUT2D eigenvalue weighted by atomic mass is 10.0. The molecule has 178 valence electrons. The number of carbonyl (C=O) groups is 1. The number of carboxylic acid groups (broad SMARTS) is 1. The summed E-state index contributed by atoms with van der Waals surface area (Å²) in [5, 5.41) is 11.0. The van der Waals surface area contributed by atoms with Gasteiger partial charge in [0.1, 0.15) is 35.1 Å². The number of pyridine rings is 1. The second-order valence-electron chi connectivity index (χ2n) is 8.16. The molecule has 4 heterocycles. The maximum absolute atomic E-state index is 15.1. The highest BCUT2D eigenvalue weighted by atomic mass is 19.1. The number of aromatic amines is 1. The molecule has 11 heteroatoms. The minimum atomic E-state index is -1.39. The van der Waals surface area contributed by atoms with Crippen LogP contribution in [0.4, 0.5) is 14.6 Å². The fourth-order valence-corrected chi connectivity index (χ4v) is 4.61. The molecule has 0 atom stereocenters. The number of H-pyrrole nitrogens is 1. The third-order valence-corrected chi connectivity index (χ3v) is 6.17. The molecule has 0 unspecified atom stereocenters. The van der Waals surface area contributed by atoms with E-state index >= 15 is 8.78 Å². The summed E-state index contributed by atoms with van der Waals surface area (Å²) in [6.07, 6.45) is 3.89. The van der Waals surface area contributed by atoms with Crippen molar-refractivity contribution >= 4 is 44.6 Å². The van der Waals surface area contributed by atoms with Crippen LogP contribution in [0.3, 0.4) is 0 Å². The zero-order valence-corrected chi connectivity index (χ0v) is 18.3. The number of anilines is 1. The Morgan fingerprint density at radius 2 is 1.97 bits per heavy atom. The topological polar surface area (TPSA) is 140 Å². The summed E-state index contributed by atoms with van der Waals surface area (Å²) in [4.78, 5) is 35.8. The Labute approximate surface area is 199 Å². The van der Waals surface area contributed by atoms with Crippen molar-refractivity contribution in [2.75, 3.05) is 5.73 Å². The molecule has 9 nitrogen and oxygen atoms in total. The van der Waals surface area contributed by atoms with Crippen LogP contribution in [0.2, 0.25) is 0 Å². The van der Waals surface area contributed by atoms with Crippen molar-refractivity contribution < 1.29 is 23.1 Å².